The van der Waals surface area contributed by atoms with Crippen molar-refractivity contribution in [2.75, 3.05) is 32.6 Å². The van der Waals surface area contributed by atoms with Crippen molar-refractivity contribution in [3.63, 3.8) is 0 Å². The van der Waals surface area contributed by atoms with Crippen LogP contribution in [0.3, 0.4) is 0 Å². The molecule has 2 aromatic carbocycles. The summed E-state index contributed by atoms with van der Waals surface area (Å²) in [6.07, 6.45) is 5.88. The first kappa shape index (κ1) is 28.5. The third kappa shape index (κ3) is 5.69. The minimum atomic E-state index is -0.102. The molecule has 1 aliphatic carbocycles. The highest BCUT2D eigenvalue weighted by Crippen LogP contribution is 2.38. The third-order valence-corrected chi connectivity index (χ3v) is 8.85. The number of fused-ring (bicyclic) bond motifs is 3. The van der Waals surface area contributed by atoms with E-state index in [1.165, 1.54) is 0 Å². The minimum Gasteiger partial charge on any atom is -0.495 e. The Morgan fingerprint density at radius 3 is 2.60 bits per heavy atom. The molecule has 2 N–H and O–H groups in total. The minimum absolute atomic E-state index is 0.102. The number of piperidine rings is 1. The summed E-state index contributed by atoms with van der Waals surface area (Å²) in [5.74, 6) is 0.854. The first-order chi connectivity index (χ1) is 20.3. The smallest absolute Gasteiger partial charge is 0.251 e. The molecule has 1 fully saturated rings. The number of nitrogens with one attached hydrogen (secondary N) is 2. The first-order valence-corrected chi connectivity index (χ1v) is 14.8. The number of benzene rings is 2. The van der Waals surface area contributed by atoms with Gasteiger partial charge in [0, 0.05) is 46.9 Å². The number of likely N-dealkylation sites (tertiary alicyclic amines) is 1. The lowest BCUT2D eigenvalue weighted by Gasteiger charge is -2.29. The quantitative estimate of drug-likeness (QED) is 0.289. The number of anilines is 2. The normalized spacial score (nSPS) is 15.2. The van der Waals surface area contributed by atoms with Crippen molar-refractivity contribution >= 4 is 40.7 Å². The number of ether oxygens (including phenoxy) is 1. The van der Waals surface area contributed by atoms with E-state index in [0.717, 1.165) is 72.5 Å². The van der Waals surface area contributed by atoms with Crippen LogP contribution in [0.4, 0.5) is 11.6 Å². The SMILES string of the molecule is COc1cc(C(=O)NC2CCN(C)CC2)ccc1Nc1ncc2c(n1)-c1c(nn(C)c1Cc1c(Cl)cccc1Cl)CC2. The van der Waals surface area contributed by atoms with Gasteiger partial charge in [0.1, 0.15) is 5.75 Å². The number of methoxy groups -OCH3 is 1. The molecule has 1 amide bonds. The summed E-state index contributed by atoms with van der Waals surface area (Å²) in [5, 5.41) is 12.5. The van der Waals surface area contributed by atoms with Gasteiger partial charge in [0.15, 0.2) is 0 Å². The molecule has 11 heteroatoms. The average Bonchev–Trinajstić information content (AvgIpc) is 3.31. The highest BCUT2D eigenvalue weighted by Gasteiger charge is 2.27. The van der Waals surface area contributed by atoms with Crippen LogP contribution in [0.5, 0.6) is 5.75 Å². The molecule has 1 aliphatic heterocycles. The lowest BCUT2D eigenvalue weighted by atomic mass is 9.91. The highest BCUT2D eigenvalue weighted by molar-refractivity contribution is 6.36. The van der Waals surface area contributed by atoms with Crippen molar-refractivity contribution in [1.29, 1.82) is 0 Å². The number of carbonyl (C=O) groups is 1. The third-order valence-electron chi connectivity index (χ3n) is 8.14. The van der Waals surface area contributed by atoms with Crippen molar-refractivity contribution in [1.82, 2.24) is 30.0 Å². The van der Waals surface area contributed by atoms with Gasteiger partial charge in [-0.15, -0.1) is 0 Å². The monoisotopic (exact) mass is 605 g/mol. The summed E-state index contributed by atoms with van der Waals surface area (Å²) in [6.45, 7) is 1.96. The molecule has 0 bridgehead atoms. The van der Waals surface area contributed by atoms with Crippen LogP contribution in [0, 0.1) is 0 Å². The van der Waals surface area contributed by atoms with E-state index in [9.17, 15) is 4.79 Å². The molecule has 0 radical (unpaired) electrons. The van der Waals surface area contributed by atoms with Crippen LogP contribution in [0.1, 0.15) is 45.7 Å². The maximum absolute atomic E-state index is 13.0. The Morgan fingerprint density at radius 1 is 1.10 bits per heavy atom. The van der Waals surface area contributed by atoms with Crippen LogP contribution in [-0.4, -0.2) is 63.8 Å². The predicted octanol–water partition coefficient (Wildman–Crippen LogP) is 5.45. The summed E-state index contributed by atoms with van der Waals surface area (Å²) in [4.78, 5) is 24.8. The summed E-state index contributed by atoms with van der Waals surface area (Å²) in [7, 11) is 5.63. The van der Waals surface area contributed by atoms with Gasteiger partial charge in [-0.2, -0.15) is 5.10 Å². The van der Waals surface area contributed by atoms with Crippen LogP contribution < -0.4 is 15.4 Å². The molecule has 42 heavy (non-hydrogen) atoms. The largest absolute Gasteiger partial charge is 0.495 e. The van der Waals surface area contributed by atoms with Crippen molar-refractivity contribution in [2.45, 2.75) is 38.1 Å². The fraction of sp³-hybridized carbons (Fsp3) is 0.355. The maximum atomic E-state index is 13.0. The molecular weight excluding hydrogens is 573 g/mol. The Labute approximate surface area is 255 Å². The number of aromatic nitrogens is 4. The highest BCUT2D eigenvalue weighted by atomic mass is 35.5. The topological polar surface area (TPSA) is 97.2 Å². The van der Waals surface area contributed by atoms with E-state index in [1.54, 1.807) is 19.2 Å². The lowest BCUT2D eigenvalue weighted by molar-refractivity contribution is 0.0916. The Kier molecular flexibility index (Phi) is 8.07. The molecule has 2 aromatic heterocycles. The maximum Gasteiger partial charge on any atom is 0.251 e. The summed E-state index contributed by atoms with van der Waals surface area (Å²) < 4.78 is 7.55. The molecule has 0 unspecified atom stereocenters. The second-order valence-electron chi connectivity index (χ2n) is 10.9. The lowest BCUT2D eigenvalue weighted by Crippen LogP contribution is -2.43. The van der Waals surface area contributed by atoms with Gasteiger partial charge < -0.3 is 20.3 Å². The molecule has 4 aromatic rings. The number of carbonyl (C=O) groups excluding carboxylic acids is 1. The van der Waals surface area contributed by atoms with Crippen LogP contribution in [0.2, 0.25) is 10.0 Å². The van der Waals surface area contributed by atoms with E-state index >= 15 is 0 Å². The summed E-state index contributed by atoms with van der Waals surface area (Å²) >= 11 is 13.0. The van der Waals surface area contributed by atoms with Crippen molar-refractivity contribution in [2.24, 2.45) is 7.05 Å². The van der Waals surface area contributed by atoms with Gasteiger partial charge in [-0.3, -0.25) is 9.48 Å². The number of hydrogen-bond acceptors (Lipinski definition) is 7. The number of aryl methyl sites for hydroxylation is 3. The number of hydrogen-bond donors (Lipinski definition) is 2. The Hall–Kier alpha value is -3.66. The van der Waals surface area contributed by atoms with E-state index in [4.69, 9.17) is 38.0 Å². The number of nitrogens with zero attached hydrogens (tertiary/aromatic N) is 5. The van der Waals surface area contributed by atoms with E-state index in [1.807, 2.05) is 42.2 Å². The van der Waals surface area contributed by atoms with Gasteiger partial charge in [-0.05, 0) is 87.3 Å². The fourth-order valence-electron chi connectivity index (χ4n) is 5.74. The van der Waals surface area contributed by atoms with Crippen molar-refractivity contribution in [3.8, 4) is 17.0 Å². The molecule has 6 rings (SSSR count). The molecular formula is C31H33Cl2N7O2. The molecule has 218 valence electrons. The Bertz CT molecular complexity index is 1630. The van der Waals surface area contributed by atoms with Gasteiger partial charge in [-0.25, -0.2) is 9.97 Å². The van der Waals surface area contributed by atoms with Crippen LogP contribution in [0.15, 0.2) is 42.6 Å². The van der Waals surface area contributed by atoms with E-state index in [2.05, 4.69) is 27.6 Å². The first-order valence-electron chi connectivity index (χ1n) is 14.1. The Morgan fingerprint density at radius 2 is 1.86 bits per heavy atom. The molecule has 0 saturated carbocycles. The molecule has 1 saturated heterocycles. The number of rotatable bonds is 7. The van der Waals surface area contributed by atoms with Crippen LogP contribution >= 0.6 is 23.2 Å². The molecule has 0 spiro atoms. The number of halogens is 2. The van der Waals surface area contributed by atoms with Crippen LogP contribution in [0.25, 0.3) is 11.3 Å². The van der Waals surface area contributed by atoms with Crippen LogP contribution in [-0.2, 0) is 26.3 Å². The van der Waals surface area contributed by atoms with E-state index in [0.29, 0.717) is 39.4 Å². The van der Waals surface area contributed by atoms with E-state index in [-0.39, 0.29) is 11.9 Å². The summed E-state index contributed by atoms with van der Waals surface area (Å²) in [6, 6.07) is 11.1. The predicted molar refractivity (Wildman–Crippen MR) is 165 cm³/mol. The van der Waals surface area contributed by atoms with Gasteiger partial charge >= 0.3 is 0 Å². The molecule has 9 nitrogen and oxygen atoms in total. The second-order valence-corrected chi connectivity index (χ2v) is 11.7. The van der Waals surface area contributed by atoms with Gasteiger partial charge in [-0.1, -0.05) is 29.3 Å². The van der Waals surface area contributed by atoms with Gasteiger partial charge in [0.2, 0.25) is 5.95 Å². The second kappa shape index (κ2) is 11.9. The molecule has 3 heterocycles. The van der Waals surface area contributed by atoms with Gasteiger partial charge in [0.25, 0.3) is 5.91 Å². The fourth-order valence-corrected chi connectivity index (χ4v) is 6.27. The molecule has 0 atom stereocenters. The van der Waals surface area contributed by atoms with E-state index < -0.39 is 0 Å². The zero-order chi connectivity index (χ0) is 29.4. The zero-order valence-corrected chi connectivity index (χ0v) is 25.4. The number of amides is 1. The average molecular weight is 607 g/mol. The Balaban J connectivity index is 1.26. The van der Waals surface area contributed by atoms with Crippen molar-refractivity contribution in [3.05, 3.63) is 80.7 Å². The van der Waals surface area contributed by atoms with Gasteiger partial charge in [0.05, 0.1) is 29.9 Å². The van der Waals surface area contributed by atoms with Crippen molar-refractivity contribution < 1.29 is 9.53 Å². The standard InChI is InChI=1S/C31H33Cl2N7O2/c1-39-13-11-20(12-14-39)35-30(41)18-7-9-24(27(15-18)42-3)36-31-34-17-19-8-10-25-28(29(19)37-31)26(40(2)38-25)16-21-22(32)5-4-6-23(21)33/h4-7,9,15,17,20H,8,10-14,16H2,1-3H3,(H,35,41)(H,34,36,37). The molecule has 2 aliphatic rings. The summed E-state index contributed by atoms with van der Waals surface area (Å²) in [5.41, 5.74) is 6.94. The zero-order valence-electron chi connectivity index (χ0n) is 23.9.